The van der Waals surface area contributed by atoms with Gasteiger partial charge in [0.2, 0.25) is 0 Å². The molecule has 1 aliphatic rings. The summed E-state index contributed by atoms with van der Waals surface area (Å²) in [5.41, 5.74) is 0.491. The van der Waals surface area contributed by atoms with E-state index >= 15 is 0 Å². The number of aromatic nitrogens is 1. The zero-order valence-corrected chi connectivity index (χ0v) is 10.2. The van der Waals surface area contributed by atoms with Crippen LogP contribution in [-0.4, -0.2) is 42.2 Å². The van der Waals surface area contributed by atoms with Gasteiger partial charge < -0.3 is 14.4 Å². The molecule has 1 aliphatic heterocycles. The molecule has 17 heavy (non-hydrogen) atoms. The van der Waals surface area contributed by atoms with Crippen molar-refractivity contribution in [2.75, 3.05) is 37.8 Å². The van der Waals surface area contributed by atoms with Gasteiger partial charge in [0.15, 0.2) is 5.69 Å². The minimum absolute atomic E-state index is 0.0374. The number of hydrogen-bond donors (Lipinski definition) is 0. The van der Waals surface area contributed by atoms with Gasteiger partial charge in [-0.25, -0.2) is 0 Å². The number of hydrogen-bond acceptors (Lipinski definition) is 7. The molecule has 7 nitrogen and oxygen atoms in total. The summed E-state index contributed by atoms with van der Waals surface area (Å²) >= 11 is 0.861. The second-order valence-corrected chi connectivity index (χ2v) is 4.18. The highest BCUT2D eigenvalue weighted by Crippen LogP contribution is 2.41. The van der Waals surface area contributed by atoms with E-state index in [-0.39, 0.29) is 5.00 Å². The van der Waals surface area contributed by atoms with Gasteiger partial charge in [-0.2, -0.15) is 0 Å². The van der Waals surface area contributed by atoms with E-state index in [0.717, 1.165) is 11.5 Å². The molecule has 1 aromatic heterocycles. The fourth-order valence-electron chi connectivity index (χ4n) is 1.67. The average Bonchev–Trinajstić information content (AvgIpc) is 2.74. The minimum atomic E-state index is -0.412. The largest absolute Gasteiger partial charge is 0.476 e. The first kappa shape index (κ1) is 12.1. The van der Waals surface area contributed by atoms with E-state index in [0.29, 0.717) is 44.5 Å². The predicted molar refractivity (Wildman–Crippen MR) is 63.0 cm³/mol. The Morgan fingerprint density at radius 1 is 1.59 bits per heavy atom. The number of nitrogens with zero attached hydrogens (tertiary/aromatic N) is 3. The van der Waals surface area contributed by atoms with Gasteiger partial charge in [0.1, 0.15) is 0 Å². The van der Waals surface area contributed by atoms with Gasteiger partial charge in [0, 0.05) is 24.6 Å². The Bertz CT molecular complexity index is 403. The van der Waals surface area contributed by atoms with E-state index in [1.54, 1.807) is 0 Å². The maximum atomic E-state index is 10.9. The maximum absolute atomic E-state index is 10.9. The van der Waals surface area contributed by atoms with Crippen LogP contribution < -0.4 is 9.64 Å². The van der Waals surface area contributed by atoms with E-state index in [9.17, 15) is 10.1 Å². The summed E-state index contributed by atoms with van der Waals surface area (Å²) in [7, 11) is 0. The summed E-state index contributed by atoms with van der Waals surface area (Å²) in [4.78, 5) is 12.4. The van der Waals surface area contributed by atoms with Gasteiger partial charge in [-0.3, -0.25) is 10.1 Å². The van der Waals surface area contributed by atoms with Crippen LogP contribution >= 0.6 is 11.5 Å². The lowest BCUT2D eigenvalue weighted by Gasteiger charge is -2.27. The van der Waals surface area contributed by atoms with E-state index in [4.69, 9.17) is 9.47 Å². The highest BCUT2D eigenvalue weighted by molar-refractivity contribution is 7.10. The molecule has 0 N–H and O–H groups in total. The average molecular weight is 259 g/mol. The molecular formula is C9H13N3O4S. The number of morpholine rings is 1. The van der Waals surface area contributed by atoms with Crippen LogP contribution in [0.5, 0.6) is 5.88 Å². The van der Waals surface area contributed by atoms with E-state index in [1.807, 2.05) is 11.8 Å². The van der Waals surface area contributed by atoms with Crippen molar-refractivity contribution in [3.63, 3.8) is 0 Å². The second-order valence-electron chi connectivity index (χ2n) is 3.43. The number of ether oxygens (including phenoxy) is 2. The molecule has 0 amide bonds. The van der Waals surface area contributed by atoms with E-state index in [2.05, 4.69) is 4.37 Å². The smallest absolute Gasteiger partial charge is 0.370 e. The third-order valence-electron chi connectivity index (χ3n) is 2.39. The van der Waals surface area contributed by atoms with Crippen LogP contribution in [0.25, 0.3) is 0 Å². The van der Waals surface area contributed by atoms with Crippen molar-refractivity contribution in [1.82, 2.24) is 4.37 Å². The van der Waals surface area contributed by atoms with Gasteiger partial charge in [-0.05, 0) is 6.92 Å². The Kier molecular flexibility index (Phi) is 3.75. The summed E-state index contributed by atoms with van der Waals surface area (Å²) < 4.78 is 14.6. The minimum Gasteiger partial charge on any atom is -0.476 e. The number of anilines is 1. The molecule has 1 aromatic rings. The van der Waals surface area contributed by atoms with Crippen molar-refractivity contribution < 1.29 is 14.4 Å². The Hall–Kier alpha value is -1.41. The molecule has 1 fully saturated rings. The van der Waals surface area contributed by atoms with Crippen molar-refractivity contribution in [2.45, 2.75) is 6.92 Å². The number of nitro groups is 1. The fourth-order valence-corrected chi connectivity index (χ4v) is 2.35. The molecule has 8 heteroatoms. The van der Waals surface area contributed by atoms with Crippen molar-refractivity contribution in [2.24, 2.45) is 0 Å². The molecule has 1 saturated heterocycles. The zero-order valence-electron chi connectivity index (χ0n) is 9.42. The van der Waals surface area contributed by atoms with Crippen LogP contribution in [0, 0.1) is 10.1 Å². The first-order valence-electron chi connectivity index (χ1n) is 5.33. The van der Waals surface area contributed by atoms with Crippen LogP contribution in [0.15, 0.2) is 0 Å². The Labute approximate surface area is 102 Å². The lowest BCUT2D eigenvalue weighted by Crippen LogP contribution is -2.36. The summed E-state index contributed by atoms with van der Waals surface area (Å²) in [5.74, 6) is 0.353. The summed E-state index contributed by atoms with van der Waals surface area (Å²) in [6.07, 6.45) is 0. The van der Waals surface area contributed by atoms with Crippen LogP contribution in [0.3, 0.4) is 0 Å². The molecule has 94 valence electrons. The molecule has 0 bridgehead atoms. The number of rotatable bonds is 4. The molecule has 0 aliphatic carbocycles. The molecule has 0 spiro atoms. The van der Waals surface area contributed by atoms with Gasteiger partial charge in [-0.1, -0.05) is 0 Å². The molecule has 0 unspecified atom stereocenters. The molecule has 2 rings (SSSR count). The quantitative estimate of drug-likeness (QED) is 0.599. The molecule has 0 radical (unpaired) electrons. The first-order chi connectivity index (χ1) is 8.24. The van der Waals surface area contributed by atoms with Crippen molar-refractivity contribution in [3.05, 3.63) is 10.1 Å². The molecule has 2 heterocycles. The first-order valence-corrected chi connectivity index (χ1v) is 6.11. The fraction of sp³-hybridized carbons (Fsp3) is 0.667. The second kappa shape index (κ2) is 5.28. The van der Waals surface area contributed by atoms with Crippen molar-refractivity contribution >= 4 is 22.2 Å². The monoisotopic (exact) mass is 259 g/mol. The molecule has 0 aromatic carbocycles. The lowest BCUT2D eigenvalue weighted by atomic mass is 10.3. The van der Waals surface area contributed by atoms with E-state index < -0.39 is 4.92 Å². The van der Waals surface area contributed by atoms with Gasteiger partial charge in [-0.15, -0.1) is 4.37 Å². The van der Waals surface area contributed by atoms with Crippen molar-refractivity contribution in [3.8, 4) is 5.88 Å². The molecule has 0 saturated carbocycles. The SMILES string of the molecule is CCOc1nsc([N+](=O)[O-])c1N1CCOCC1. The molecule has 0 atom stereocenters. The third-order valence-corrected chi connectivity index (χ3v) is 3.17. The Morgan fingerprint density at radius 2 is 2.29 bits per heavy atom. The highest BCUT2D eigenvalue weighted by Gasteiger charge is 2.30. The normalized spacial score (nSPS) is 15.9. The lowest BCUT2D eigenvalue weighted by molar-refractivity contribution is -0.379. The van der Waals surface area contributed by atoms with E-state index in [1.165, 1.54) is 0 Å². The highest BCUT2D eigenvalue weighted by atomic mass is 32.1. The van der Waals surface area contributed by atoms with Gasteiger partial charge in [0.25, 0.3) is 5.88 Å². The standard InChI is InChI=1S/C9H13N3O4S/c1-2-16-8-7(9(12(13)14)17-10-8)11-3-5-15-6-4-11/h2-6H2,1H3. The summed E-state index contributed by atoms with van der Waals surface area (Å²) in [6, 6.07) is 0. The third kappa shape index (κ3) is 2.47. The Balaban J connectivity index is 2.32. The van der Waals surface area contributed by atoms with Crippen LogP contribution in [0.1, 0.15) is 6.92 Å². The maximum Gasteiger partial charge on any atom is 0.370 e. The van der Waals surface area contributed by atoms with Crippen molar-refractivity contribution in [1.29, 1.82) is 0 Å². The summed E-state index contributed by atoms with van der Waals surface area (Å²) in [5, 5.41) is 11.0. The Morgan fingerprint density at radius 3 is 2.88 bits per heavy atom. The molecular weight excluding hydrogens is 246 g/mol. The summed E-state index contributed by atoms with van der Waals surface area (Å²) in [6.45, 7) is 4.66. The van der Waals surface area contributed by atoms with Crippen LogP contribution in [0.2, 0.25) is 0 Å². The van der Waals surface area contributed by atoms with Gasteiger partial charge >= 0.3 is 5.00 Å². The predicted octanol–water partition coefficient (Wildman–Crippen LogP) is 1.29. The van der Waals surface area contributed by atoms with Crippen LogP contribution in [-0.2, 0) is 4.74 Å². The topological polar surface area (TPSA) is 77.7 Å². The van der Waals surface area contributed by atoms with Gasteiger partial charge in [0.05, 0.1) is 24.7 Å². The van der Waals surface area contributed by atoms with Crippen LogP contribution in [0.4, 0.5) is 10.7 Å². The zero-order chi connectivity index (χ0) is 12.3.